The maximum Gasteiger partial charge on any atom is 0.352 e. The zero-order valence-electron chi connectivity index (χ0n) is 10.9. The van der Waals surface area contributed by atoms with E-state index in [1.54, 1.807) is 12.1 Å². The fourth-order valence-electron chi connectivity index (χ4n) is 1.55. The highest BCUT2D eigenvalue weighted by atomic mass is 16.7. The Morgan fingerprint density at radius 2 is 2.05 bits per heavy atom. The molecule has 21 heavy (non-hydrogen) atoms. The van der Waals surface area contributed by atoms with E-state index in [2.05, 4.69) is 10.2 Å². The number of carbonyl (C=O) groups excluding carboxylic acids is 4. The largest absolute Gasteiger partial charge is 0.465 e. The molecular formula is C13H12N2O6. The number of furan rings is 1. The van der Waals surface area contributed by atoms with Gasteiger partial charge in [0.1, 0.15) is 12.3 Å². The minimum absolute atomic E-state index is 0.0182. The first-order valence-corrected chi connectivity index (χ1v) is 6.12. The van der Waals surface area contributed by atoms with Crippen LogP contribution >= 0.6 is 0 Å². The van der Waals surface area contributed by atoms with E-state index in [0.717, 1.165) is 0 Å². The number of hydroxylamine groups is 2. The molecule has 1 aromatic heterocycles. The third-order valence-corrected chi connectivity index (χ3v) is 2.55. The van der Waals surface area contributed by atoms with Crippen LogP contribution in [-0.2, 0) is 24.0 Å². The number of carbonyl (C=O) groups is 4. The van der Waals surface area contributed by atoms with Crippen LogP contribution in [0.3, 0.4) is 0 Å². The van der Waals surface area contributed by atoms with E-state index in [1.807, 2.05) is 0 Å². The third kappa shape index (κ3) is 4.03. The summed E-state index contributed by atoms with van der Waals surface area (Å²) in [5.41, 5.74) is 0. The maximum atomic E-state index is 11.4. The third-order valence-electron chi connectivity index (χ3n) is 2.55. The number of imide groups is 1. The summed E-state index contributed by atoms with van der Waals surface area (Å²) in [5, 5.41) is 2.68. The quantitative estimate of drug-likeness (QED) is 0.605. The van der Waals surface area contributed by atoms with Gasteiger partial charge in [-0.1, -0.05) is 0 Å². The average molecular weight is 292 g/mol. The number of hydrogen-bond donors (Lipinski definition) is 1. The van der Waals surface area contributed by atoms with Crippen molar-refractivity contribution in [2.45, 2.75) is 12.8 Å². The van der Waals surface area contributed by atoms with Gasteiger partial charge in [0.15, 0.2) is 0 Å². The molecule has 110 valence electrons. The van der Waals surface area contributed by atoms with Crippen LogP contribution in [-0.4, -0.2) is 35.3 Å². The van der Waals surface area contributed by atoms with Gasteiger partial charge in [0.05, 0.1) is 6.26 Å². The first-order valence-electron chi connectivity index (χ1n) is 6.12. The number of hydrogen-bond acceptors (Lipinski definition) is 6. The summed E-state index contributed by atoms with van der Waals surface area (Å²) in [6.07, 6.45) is 4.10. The van der Waals surface area contributed by atoms with Gasteiger partial charge in [0, 0.05) is 18.9 Å². The van der Waals surface area contributed by atoms with Gasteiger partial charge in [-0.3, -0.25) is 14.4 Å². The van der Waals surface area contributed by atoms with E-state index in [1.165, 1.54) is 18.4 Å². The highest BCUT2D eigenvalue weighted by Gasteiger charge is 2.32. The molecule has 1 fully saturated rings. The van der Waals surface area contributed by atoms with E-state index in [9.17, 15) is 19.2 Å². The van der Waals surface area contributed by atoms with Crippen molar-refractivity contribution < 1.29 is 28.4 Å². The van der Waals surface area contributed by atoms with E-state index < -0.39 is 30.2 Å². The molecule has 0 spiro atoms. The zero-order chi connectivity index (χ0) is 15.2. The van der Waals surface area contributed by atoms with Crippen LogP contribution in [0.15, 0.2) is 28.9 Å². The second-order valence-corrected chi connectivity index (χ2v) is 4.11. The van der Waals surface area contributed by atoms with Crippen molar-refractivity contribution >= 4 is 29.8 Å². The first kappa shape index (κ1) is 14.5. The van der Waals surface area contributed by atoms with Gasteiger partial charge in [-0.15, -0.1) is 5.06 Å². The van der Waals surface area contributed by atoms with Gasteiger partial charge in [0.2, 0.25) is 5.91 Å². The normalized spacial score (nSPS) is 14.8. The van der Waals surface area contributed by atoms with Gasteiger partial charge < -0.3 is 14.6 Å². The van der Waals surface area contributed by atoms with E-state index in [-0.39, 0.29) is 12.8 Å². The summed E-state index contributed by atoms with van der Waals surface area (Å²) in [4.78, 5) is 49.8. The average Bonchev–Trinajstić information content (AvgIpc) is 3.08. The minimum atomic E-state index is -0.904. The minimum Gasteiger partial charge on any atom is -0.465 e. The summed E-state index contributed by atoms with van der Waals surface area (Å²) in [6, 6.07) is 3.32. The Balaban J connectivity index is 1.75. The van der Waals surface area contributed by atoms with Crippen LogP contribution in [0.1, 0.15) is 18.6 Å². The van der Waals surface area contributed by atoms with E-state index in [0.29, 0.717) is 10.8 Å². The Hall–Kier alpha value is -2.90. The molecule has 1 N–H and O–H groups in total. The van der Waals surface area contributed by atoms with Crippen molar-refractivity contribution in [2.24, 2.45) is 0 Å². The highest BCUT2D eigenvalue weighted by molar-refractivity contribution is 6.01. The predicted octanol–water partition coefficient (Wildman–Crippen LogP) is 0.0162. The number of nitrogens with one attached hydrogen (secondary N) is 1. The maximum absolute atomic E-state index is 11.4. The molecule has 1 saturated heterocycles. The molecule has 2 heterocycles. The molecule has 2 rings (SSSR count). The summed E-state index contributed by atoms with van der Waals surface area (Å²) in [7, 11) is 0. The summed E-state index contributed by atoms with van der Waals surface area (Å²) < 4.78 is 4.98. The number of rotatable bonds is 5. The van der Waals surface area contributed by atoms with Crippen LogP contribution in [0.5, 0.6) is 0 Å². The van der Waals surface area contributed by atoms with Crippen molar-refractivity contribution in [3.8, 4) is 0 Å². The molecule has 0 aliphatic carbocycles. The molecule has 1 aromatic rings. The molecule has 3 amide bonds. The standard InChI is InChI=1S/C13H12N2O6/c16-10(4-3-9-2-1-7-20-9)14-8-13(19)21-15-11(17)5-6-12(15)18/h1-4,7H,5-6,8H2,(H,14,16). The lowest BCUT2D eigenvalue weighted by Gasteiger charge is -2.12. The monoisotopic (exact) mass is 292 g/mol. The van der Waals surface area contributed by atoms with Crippen molar-refractivity contribution in [3.63, 3.8) is 0 Å². The molecule has 1 aliphatic heterocycles. The molecule has 0 saturated carbocycles. The first-order chi connectivity index (χ1) is 10.1. The Morgan fingerprint density at radius 1 is 1.33 bits per heavy atom. The molecule has 8 nitrogen and oxygen atoms in total. The molecule has 0 atom stereocenters. The number of nitrogens with zero attached hydrogens (tertiary/aromatic N) is 1. The second-order valence-electron chi connectivity index (χ2n) is 4.11. The van der Waals surface area contributed by atoms with Gasteiger partial charge in [-0.2, -0.15) is 0 Å². The van der Waals surface area contributed by atoms with E-state index in [4.69, 9.17) is 4.42 Å². The molecule has 0 bridgehead atoms. The highest BCUT2D eigenvalue weighted by Crippen LogP contribution is 2.11. The van der Waals surface area contributed by atoms with Gasteiger partial charge in [0.25, 0.3) is 11.8 Å². The van der Waals surface area contributed by atoms with Gasteiger partial charge in [-0.05, 0) is 18.2 Å². The van der Waals surface area contributed by atoms with Gasteiger partial charge >= 0.3 is 5.97 Å². The second kappa shape index (κ2) is 6.51. The molecule has 8 heteroatoms. The van der Waals surface area contributed by atoms with Crippen LogP contribution in [0.2, 0.25) is 0 Å². The van der Waals surface area contributed by atoms with Crippen molar-refractivity contribution in [1.29, 1.82) is 0 Å². The van der Waals surface area contributed by atoms with Crippen molar-refractivity contribution in [1.82, 2.24) is 10.4 Å². The zero-order valence-corrected chi connectivity index (χ0v) is 10.9. The Kier molecular flexibility index (Phi) is 4.50. The lowest BCUT2D eigenvalue weighted by Crippen LogP contribution is -2.37. The Labute approximate surface area is 119 Å². The summed E-state index contributed by atoms with van der Waals surface area (Å²) in [5.74, 6) is -2.10. The molecule has 0 radical (unpaired) electrons. The smallest absolute Gasteiger partial charge is 0.352 e. The fourth-order valence-corrected chi connectivity index (χ4v) is 1.55. The van der Waals surface area contributed by atoms with Crippen LogP contribution in [0.25, 0.3) is 6.08 Å². The fraction of sp³-hybridized carbons (Fsp3) is 0.231. The van der Waals surface area contributed by atoms with Crippen LogP contribution < -0.4 is 5.32 Å². The van der Waals surface area contributed by atoms with Crippen LogP contribution in [0.4, 0.5) is 0 Å². The van der Waals surface area contributed by atoms with Gasteiger partial charge in [-0.25, -0.2) is 4.79 Å². The topological polar surface area (TPSA) is 106 Å². The molecule has 1 aliphatic rings. The van der Waals surface area contributed by atoms with Crippen molar-refractivity contribution in [3.05, 3.63) is 30.2 Å². The SMILES string of the molecule is O=C(C=Cc1ccco1)NCC(=O)ON1C(=O)CCC1=O. The summed E-state index contributed by atoms with van der Waals surface area (Å²) in [6.45, 7) is -0.460. The Bertz CT molecular complexity index is 574. The lowest BCUT2D eigenvalue weighted by atomic mass is 10.4. The van der Waals surface area contributed by atoms with Crippen molar-refractivity contribution in [2.75, 3.05) is 6.54 Å². The number of amides is 3. The Morgan fingerprint density at radius 3 is 2.67 bits per heavy atom. The lowest BCUT2D eigenvalue weighted by molar-refractivity contribution is -0.196. The molecular weight excluding hydrogens is 280 g/mol. The van der Waals surface area contributed by atoms with Crippen LogP contribution in [0, 0.1) is 0 Å². The van der Waals surface area contributed by atoms with E-state index >= 15 is 0 Å². The predicted molar refractivity (Wildman–Crippen MR) is 67.9 cm³/mol. The molecule has 0 aromatic carbocycles. The summed E-state index contributed by atoms with van der Waals surface area (Å²) >= 11 is 0. The molecule has 0 unspecified atom stereocenters.